The highest BCUT2D eigenvalue weighted by molar-refractivity contribution is 5.78. The fraction of sp³-hybridized carbons (Fsp3) is 0.588. The second-order valence-electron chi connectivity index (χ2n) is 5.34. The molecule has 0 heterocycles. The molecule has 0 saturated carbocycles. The number of aliphatic carboxylic acids is 1. The van der Waals surface area contributed by atoms with Gasteiger partial charge in [-0.3, -0.25) is 0 Å². The van der Waals surface area contributed by atoms with Crippen LogP contribution in [0.15, 0.2) is 34.9 Å². The summed E-state index contributed by atoms with van der Waals surface area (Å²) in [5, 5.41) is 10.5. The molecule has 0 spiro atoms. The highest BCUT2D eigenvalue weighted by atomic mass is 16.5. The Hall–Kier alpha value is -1.35. The minimum atomic E-state index is -1.15. The van der Waals surface area contributed by atoms with Gasteiger partial charge in [-0.25, -0.2) is 0 Å². The zero-order chi connectivity index (χ0) is 15.5. The molecule has 0 aliphatic heterocycles. The van der Waals surface area contributed by atoms with Gasteiger partial charge in [-0.15, -0.1) is 0 Å². The van der Waals surface area contributed by atoms with Crippen LogP contribution in [0.1, 0.15) is 53.9 Å². The molecule has 0 amide bonds. The van der Waals surface area contributed by atoms with Crippen molar-refractivity contribution in [1.29, 1.82) is 0 Å². The summed E-state index contributed by atoms with van der Waals surface area (Å²) in [5.74, 6) is -1.15. The first kappa shape index (κ1) is 18.7. The maximum atomic E-state index is 10.5. The summed E-state index contributed by atoms with van der Waals surface area (Å²) >= 11 is 0. The van der Waals surface area contributed by atoms with E-state index in [9.17, 15) is 9.90 Å². The van der Waals surface area contributed by atoms with Crippen LogP contribution in [0.3, 0.4) is 0 Å². The molecule has 3 nitrogen and oxygen atoms in total. The minimum Gasteiger partial charge on any atom is -0.545 e. The van der Waals surface area contributed by atoms with Crippen molar-refractivity contribution in [3.63, 3.8) is 0 Å². The molecule has 0 bridgehead atoms. The van der Waals surface area contributed by atoms with Gasteiger partial charge in [0.05, 0.1) is 12.1 Å². The predicted octanol–water partition coefficient (Wildman–Crippen LogP) is 3.17. The molecule has 0 radical (unpaired) electrons. The van der Waals surface area contributed by atoms with Crippen molar-refractivity contribution in [2.45, 2.75) is 60.0 Å². The Morgan fingerprint density at radius 3 is 2.35 bits per heavy atom. The second-order valence-corrected chi connectivity index (χ2v) is 5.34. The molecule has 0 unspecified atom stereocenters. The largest absolute Gasteiger partial charge is 0.545 e. The first-order valence-electron chi connectivity index (χ1n) is 7.15. The first-order chi connectivity index (χ1) is 9.35. The van der Waals surface area contributed by atoms with Crippen LogP contribution in [0.5, 0.6) is 0 Å². The van der Waals surface area contributed by atoms with Crippen LogP contribution in [-0.4, -0.2) is 18.7 Å². The number of ether oxygens (including phenoxy) is 1. The number of carbonyl (C=O) groups excluding carboxylic acids is 1. The summed E-state index contributed by atoms with van der Waals surface area (Å²) in [6.45, 7) is 10.6. The van der Waals surface area contributed by atoms with E-state index in [4.69, 9.17) is 4.74 Å². The van der Waals surface area contributed by atoms with E-state index in [-0.39, 0.29) is 6.10 Å². The Balaban J connectivity index is 4.58. The smallest absolute Gasteiger partial charge is 0.0795 e. The van der Waals surface area contributed by atoms with E-state index in [1.165, 1.54) is 11.1 Å². The molecule has 0 aromatic rings. The highest BCUT2D eigenvalue weighted by Crippen LogP contribution is 2.14. The molecule has 114 valence electrons. The summed E-state index contributed by atoms with van der Waals surface area (Å²) < 4.78 is 5.65. The molecule has 0 N–H and O–H groups in total. The van der Waals surface area contributed by atoms with E-state index in [1.807, 2.05) is 6.92 Å². The quantitative estimate of drug-likeness (QED) is 0.481. The topological polar surface area (TPSA) is 49.4 Å². The van der Waals surface area contributed by atoms with Crippen LogP contribution in [0.2, 0.25) is 0 Å². The summed E-state index contributed by atoms with van der Waals surface area (Å²) in [7, 11) is 0. The average molecular weight is 279 g/mol. The lowest BCUT2D eigenvalue weighted by molar-refractivity contribution is -0.297. The Labute approximate surface area is 123 Å². The number of allylic oxidation sites excluding steroid dienone is 3. The second kappa shape index (κ2) is 10.4. The number of carboxylic acids is 1. The van der Waals surface area contributed by atoms with Crippen LogP contribution in [0, 0.1) is 0 Å². The van der Waals surface area contributed by atoms with E-state index in [0.29, 0.717) is 13.0 Å². The van der Waals surface area contributed by atoms with Crippen LogP contribution in [0.4, 0.5) is 0 Å². The fourth-order valence-electron chi connectivity index (χ4n) is 1.95. The normalized spacial score (nSPS) is 14.1. The molecule has 3 heteroatoms. The summed E-state index contributed by atoms with van der Waals surface area (Å²) in [5.41, 5.74) is 3.35. The average Bonchev–Trinajstić information content (AvgIpc) is 2.27. The predicted molar refractivity (Wildman–Crippen MR) is 81.2 cm³/mol. The molecule has 0 aromatic carbocycles. The number of carboxylic acid groups (broad SMARTS) is 1. The SMILES string of the molecule is CCO[C@H](/C=C(\C)CCC=C(C)C)C/C(C)=C\C(=O)[O-]. The molecule has 0 aliphatic rings. The molecule has 0 fully saturated rings. The maximum Gasteiger partial charge on any atom is 0.0795 e. The van der Waals surface area contributed by atoms with E-state index in [0.717, 1.165) is 24.5 Å². The number of hydrogen-bond acceptors (Lipinski definition) is 3. The van der Waals surface area contributed by atoms with Crippen molar-refractivity contribution in [2.75, 3.05) is 6.61 Å². The van der Waals surface area contributed by atoms with Gasteiger partial charge >= 0.3 is 0 Å². The standard InChI is InChI=1S/C17H28O3/c1-6-20-16(11-15(5)12-17(18)19)10-14(4)9-7-8-13(2)3/h8,10,12,16H,6-7,9,11H2,1-5H3,(H,18,19)/p-1/b14-10+,15-12-/t16-/m1/s1. The number of hydrogen-bond donors (Lipinski definition) is 0. The van der Waals surface area contributed by atoms with Gasteiger partial charge in [0.25, 0.3) is 0 Å². The third-order valence-electron chi connectivity index (χ3n) is 2.83. The van der Waals surface area contributed by atoms with E-state index < -0.39 is 5.97 Å². The Kier molecular flexibility index (Phi) is 9.73. The number of carbonyl (C=O) groups is 1. The third kappa shape index (κ3) is 10.6. The van der Waals surface area contributed by atoms with Crippen molar-refractivity contribution >= 4 is 5.97 Å². The Bertz CT molecular complexity index is 385. The van der Waals surface area contributed by atoms with Gasteiger partial charge in [0.1, 0.15) is 0 Å². The Morgan fingerprint density at radius 2 is 1.85 bits per heavy atom. The van der Waals surface area contributed by atoms with Gasteiger partial charge in [-0.2, -0.15) is 0 Å². The summed E-state index contributed by atoms with van der Waals surface area (Å²) in [4.78, 5) is 10.5. The first-order valence-corrected chi connectivity index (χ1v) is 7.15. The summed E-state index contributed by atoms with van der Waals surface area (Å²) in [6.07, 6.45) is 7.99. The molecule has 0 saturated heterocycles. The van der Waals surface area contributed by atoms with Crippen LogP contribution >= 0.6 is 0 Å². The molecule has 0 aromatic heterocycles. The molecular formula is C17H27O3-. The monoisotopic (exact) mass is 279 g/mol. The zero-order valence-corrected chi connectivity index (χ0v) is 13.4. The van der Waals surface area contributed by atoms with Gasteiger partial charge in [-0.05, 0) is 60.0 Å². The molecule has 1 atom stereocenters. The van der Waals surface area contributed by atoms with Gasteiger partial charge in [-0.1, -0.05) is 28.9 Å². The van der Waals surface area contributed by atoms with Gasteiger partial charge in [0.2, 0.25) is 0 Å². The van der Waals surface area contributed by atoms with Crippen LogP contribution in [0.25, 0.3) is 0 Å². The third-order valence-corrected chi connectivity index (χ3v) is 2.83. The lowest BCUT2D eigenvalue weighted by Gasteiger charge is -2.15. The molecule has 20 heavy (non-hydrogen) atoms. The Morgan fingerprint density at radius 1 is 1.20 bits per heavy atom. The highest BCUT2D eigenvalue weighted by Gasteiger charge is 2.06. The molecule has 0 rings (SSSR count). The van der Waals surface area contributed by atoms with E-state index in [2.05, 4.69) is 32.9 Å². The van der Waals surface area contributed by atoms with Crippen molar-refractivity contribution in [3.05, 3.63) is 34.9 Å². The van der Waals surface area contributed by atoms with Crippen molar-refractivity contribution in [2.24, 2.45) is 0 Å². The lowest BCUT2D eigenvalue weighted by atomic mass is 10.0. The van der Waals surface area contributed by atoms with E-state index >= 15 is 0 Å². The van der Waals surface area contributed by atoms with Crippen LogP contribution < -0.4 is 5.11 Å². The van der Waals surface area contributed by atoms with E-state index in [1.54, 1.807) is 6.92 Å². The van der Waals surface area contributed by atoms with Gasteiger partial charge in [0, 0.05) is 6.61 Å². The van der Waals surface area contributed by atoms with Gasteiger partial charge < -0.3 is 14.6 Å². The number of rotatable bonds is 9. The molecular weight excluding hydrogens is 252 g/mol. The summed E-state index contributed by atoms with van der Waals surface area (Å²) in [6, 6.07) is 0. The maximum absolute atomic E-state index is 10.5. The minimum absolute atomic E-state index is 0.0673. The zero-order valence-electron chi connectivity index (χ0n) is 13.4. The molecule has 0 aliphatic carbocycles. The van der Waals surface area contributed by atoms with Crippen LogP contribution in [-0.2, 0) is 9.53 Å². The van der Waals surface area contributed by atoms with Crippen molar-refractivity contribution in [1.82, 2.24) is 0 Å². The van der Waals surface area contributed by atoms with Gasteiger partial charge in [0.15, 0.2) is 0 Å². The van der Waals surface area contributed by atoms with Crippen molar-refractivity contribution in [3.8, 4) is 0 Å². The lowest BCUT2D eigenvalue weighted by Crippen LogP contribution is -2.20. The fourth-order valence-corrected chi connectivity index (χ4v) is 1.95. The van der Waals surface area contributed by atoms with Crippen molar-refractivity contribution < 1.29 is 14.6 Å².